The van der Waals surface area contributed by atoms with Crippen LogP contribution in [-0.4, -0.2) is 23.1 Å². The van der Waals surface area contributed by atoms with Crippen molar-refractivity contribution in [3.05, 3.63) is 84.2 Å². The maximum Gasteiger partial charge on any atom is 0.253 e. The molecule has 3 aromatic rings. The zero-order chi connectivity index (χ0) is 18.4. The van der Waals surface area contributed by atoms with Crippen molar-refractivity contribution >= 4 is 18.3 Å². The van der Waals surface area contributed by atoms with E-state index in [4.69, 9.17) is 4.74 Å². The van der Waals surface area contributed by atoms with Crippen LogP contribution in [0.25, 0.3) is 11.1 Å². The number of halogens is 1. The summed E-state index contributed by atoms with van der Waals surface area (Å²) in [6.07, 6.45) is 2.24. The van der Waals surface area contributed by atoms with E-state index >= 15 is 0 Å². The van der Waals surface area contributed by atoms with Gasteiger partial charge in [0.15, 0.2) is 6.10 Å². The molecule has 27 heavy (non-hydrogen) atoms. The second-order valence-electron chi connectivity index (χ2n) is 5.83. The summed E-state index contributed by atoms with van der Waals surface area (Å²) in [4.78, 5) is 16.2. The number of nitrogens with one attached hydrogen (secondary N) is 1. The number of pyridine rings is 1. The lowest BCUT2D eigenvalue weighted by Gasteiger charge is -2.13. The molecule has 0 spiro atoms. The van der Waals surface area contributed by atoms with Gasteiger partial charge in [-0.05, 0) is 46.5 Å². The summed E-state index contributed by atoms with van der Waals surface area (Å²) in [6.45, 7) is 0.322. The molecule has 1 unspecified atom stereocenters. The second-order valence-corrected chi connectivity index (χ2v) is 5.83. The minimum absolute atomic E-state index is 0. The topological polar surface area (TPSA) is 71.5 Å². The third-order valence-electron chi connectivity index (χ3n) is 4.09. The molecule has 5 nitrogen and oxygen atoms in total. The molecule has 3 rings (SSSR count). The van der Waals surface area contributed by atoms with Gasteiger partial charge in [0.2, 0.25) is 0 Å². The van der Waals surface area contributed by atoms with Crippen molar-refractivity contribution in [3.8, 4) is 16.9 Å². The third kappa shape index (κ3) is 5.29. The first-order valence-corrected chi connectivity index (χ1v) is 8.26. The van der Waals surface area contributed by atoms with Crippen LogP contribution in [0.2, 0.25) is 0 Å². The van der Waals surface area contributed by atoms with Crippen LogP contribution in [0.4, 0.5) is 0 Å². The fourth-order valence-electron chi connectivity index (χ4n) is 2.62. The number of aromatic nitrogens is 1. The van der Waals surface area contributed by atoms with E-state index in [-0.39, 0.29) is 12.4 Å². The lowest BCUT2D eigenvalue weighted by Crippen LogP contribution is -2.28. The number of hydrogen-bond acceptors (Lipinski definition) is 4. The number of aliphatic hydroxyl groups is 1. The van der Waals surface area contributed by atoms with Crippen LogP contribution in [0.15, 0.2) is 73.1 Å². The van der Waals surface area contributed by atoms with Gasteiger partial charge >= 0.3 is 0 Å². The van der Waals surface area contributed by atoms with E-state index < -0.39 is 12.0 Å². The smallest absolute Gasteiger partial charge is 0.253 e. The van der Waals surface area contributed by atoms with Gasteiger partial charge in [-0.2, -0.15) is 0 Å². The van der Waals surface area contributed by atoms with Gasteiger partial charge in [0.25, 0.3) is 5.91 Å². The highest BCUT2D eigenvalue weighted by atomic mass is 35.5. The van der Waals surface area contributed by atoms with Gasteiger partial charge < -0.3 is 15.2 Å². The molecule has 1 aromatic heterocycles. The molecule has 0 aliphatic carbocycles. The fraction of sp³-hybridized carbons (Fsp3) is 0.143. The molecule has 1 heterocycles. The van der Waals surface area contributed by atoms with E-state index in [1.807, 2.05) is 48.5 Å². The Morgan fingerprint density at radius 1 is 1.07 bits per heavy atom. The Labute approximate surface area is 164 Å². The molecular weight excluding hydrogens is 364 g/mol. The predicted molar refractivity (Wildman–Crippen MR) is 107 cm³/mol. The SMILES string of the molecule is COc1cccc(CNC(=O)C(O)c2ccc(-c3ccncc3)cc2)c1.Cl. The van der Waals surface area contributed by atoms with Gasteiger partial charge in [-0.3, -0.25) is 9.78 Å². The van der Waals surface area contributed by atoms with Crippen LogP contribution in [-0.2, 0) is 11.3 Å². The quantitative estimate of drug-likeness (QED) is 0.682. The maximum absolute atomic E-state index is 12.2. The molecular formula is C21H21ClN2O3. The predicted octanol–water partition coefficient (Wildman–Crippen LogP) is 3.53. The van der Waals surface area contributed by atoms with Crippen molar-refractivity contribution < 1.29 is 14.6 Å². The number of hydrogen-bond donors (Lipinski definition) is 2. The van der Waals surface area contributed by atoms with Gasteiger partial charge in [-0.15, -0.1) is 12.4 Å². The Morgan fingerprint density at radius 2 is 1.74 bits per heavy atom. The highest BCUT2D eigenvalue weighted by Gasteiger charge is 2.17. The average molecular weight is 385 g/mol. The van der Waals surface area contributed by atoms with Crippen LogP contribution < -0.4 is 10.1 Å². The summed E-state index contributed by atoms with van der Waals surface area (Å²) in [5.41, 5.74) is 3.48. The molecule has 1 atom stereocenters. The van der Waals surface area contributed by atoms with Crippen LogP contribution in [0.1, 0.15) is 17.2 Å². The highest BCUT2D eigenvalue weighted by molar-refractivity contribution is 5.85. The minimum atomic E-state index is -1.22. The van der Waals surface area contributed by atoms with Gasteiger partial charge in [0, 0.05) is 18.9 Å². The molecule has 1 amide bonds. The van der Waals surface area contributed by atoms with Gasteiger partial charge in [-0.25, -0.2) is 0 Å². The lowest BCUT2D eigenvalue weighted by atomic mass is 10.0. The van der Waals surface area contributed by atoms with Crippen LogP contribution in [0.3, 0.4) is 0 Å². The van der Waals surface area contributed by atoms with Crippen molar-refractivity contribution in [2.75, 3.05) is 7.11 Å². The summed E-state index contributed by atoms with van der Waals surface area (Å²) in [6, 6.07) is 18.5. The van der Waals surface area contributed by atoms with Crippen LogP contribution >= 0.6 is 12.4 Å². The number of nitrogens with zero attached hydrogens (tertiary/aromatic N) is 1. The first-order valence-electron chi connectivity index (χ1n) is 8.26. The van der Waals surface area contributed by atoms with E-state index in [0.717, 1.165) is 22.4 Å². The Bertz CT molecular complexity index is 870. The summed E-state index contributed by atoms with van der Waals surface area (Å²) in [7, 11) is 1.59. The molecule has 2 aromatic carbocycles. The molecule has 0 fully saturated rings. The summed E-state index contributed by atoms with van der Waals surface area (Å²) < 4.78 is 5.16. The highest BCUT2D eigenvalue weighted by Crippen LogP contribution is 2.21. The Hall–Kier alpha value is -2.89. The van der Waals surface area contributed by atoms with Crippen molar-refractivity contribution in [2.45, 2.75) is 12.6 Å². The minimum Gasteiger partial charge on any atom is -0.497 e. The molecule has 0 saturated carbocycles. The van der Waals surface area contributed by atoms with E-state index in [1.165, 1.54) is 0 Å². The molecule has 0 aliphatic rings. The number of carbonyl (C=O) groups excluding carboxylic acids is 1. The summed E-state index contributed by atoms with van der Waals surface area (Å²) in [5.74, 6) is 0.286. The second kappa shape index (κ2) is 9.71. The first kappa shape index (κ1) is 20.4. The van der Waals surface area contributed by atoms with Crippen molar-refractivity contribution in [3.63, 3.8) is 0 Å². The molecule has 0 aliphatic heterocycles. The van der Waals surface area contributed by atoms with Gasteiger partial charge in [0.1, 0.15) is 5.75 Å². The number of benzene rings is 2. The first-order chi connectivity index (χ1) is 12.7. The number of aliphatic hydroxyl groups excluding tert-OH is 1. The number of rotatable bonds is 6. The molecule has 140 valence electrons. The average Bonchev–Trinajstić information content (AvgIpc) is 2.72. The molecule has 2 N–H and O–H groups in total. The number of amides is 1. The van der Waals surface area contributed by atoms with E-state index in [2.05, 4.69) is 10.3 Å². The maximum atomic E-state index is 12.2. The fourth-order valence-corrected chi connectivity index (χ4v) is 2.62. The molecule has 0 saturated heterocycles. The molecule has 0 bridgehead atoms. The van der Waals surface area contributed by atoms with Crippen molar-refractivity contribution in [1.29, 1.82) is 0 Å². The zero-order valence-electron chi connectivity index (χ0n) is 14.8. The van der Waals surface area contributed by atoms with Gasteiger partial charge in [0.05, 0.1) is 7.11 Å². The summed E-state index contributed by atoms with van der Waals surface area (Å²) >= 11 is 0. The Balaban J connectivity index is 0.00000261. The van der Waals surface area contributed by atoms with E-state index in [9.17, 15) is 9.90 Å². The van der Waals surface area contributed by atoms with Crippen molar-refractivity contribution in [1.82, 2.24) is 10.3 Å². The summed E-state index contributed by atoms with van der Waals surface area (Å²) in [5, 5.41) is 13.0. The largest absolute Gasteiger partial charge is 0.497 e. The van der Waals surface area contributed by atoms with E-state index in [0.29, 0.717) is 12.1 Å². The number of ether oxygens (including phenoxy) is 1. The molecule has 6 heteroatoms. The van der Waals surface area contributed by atoms with Crippen LogP contribution in [0.5, 0.6) is 5.75 Å². The monoisotopic (exact) mass is 384 g/mol. The Kier molecular flexibility index (Phi) is 7.34. The number of methoxy groups -OCH3 is 1. The van der Waals surface area contributed by atoms with Crippen LogP contribution in [0, 0.1) is 0 Å². The zero-order valence-corrected chi connectivity index (χ0v) is 15.6. The van der Waals surface area contributed by atoms with Gasteiger partial charge in [-0.1, -0.05) is 36.4 Å². The molecule has 0 radical (unpaired) electrons. The van der Waals surface area contributed by atoms with Crippen molar-refractivity contribution in [2.24, 2.45) is 0 Å². The van der Waals surface area contributed by atoms with E-state index in [1.54, 1.807) is 31.6 Å². The normalized spacial score (nSPS) is 11.2. The lowest BCUT2D eigenvalue weighted by molar-refractivity contribution is -0.129. The Morgan fingerprint density at radius 3 is 2.41 bits per heavy atom. The third-order valence-corrected chi connectivity index (χ3v) is 4.09. The standard InChI is InChI=1S/C21H20N2O3.ClH/c1-26-19-4-2-3-15(13-19)14-23-21(25)20(24)18-7-5-16(6-8-18)17-9-11-22-12-10-17;/h2-13,20,24H,14H2,1H3,(H,23,25);1H. The number of carbonyl (C=O) groups is 1.